The summed E-state index contributed by atoms with van der Waals surface area (Å²) >= 11 is 0. The summed E-state index contributed by atoms with van der Waals surface area (Å²) in [6.07, 6.45) is 0.118. The van der Waals surface area contributed by atoms with E-state index in [1.807, 2.05) is 26.0 Å². The van der Waals surface area contributed by atoms with Gasteiger partial charge in [0.25, 0.3) is 6.01 Å². The summed E-state index contributed by atoms with van der Waals surface area (Å²) in [6.45, 7) is 5.31. The third kappa shape index (κ3) is 2.68. The van der Waals surface area contributed by atoms with Crippen molar-refractivity contribution in [2.45, 2.75) is 20.0 Å². The fourth-order valence-electron chi connectivity index (χ4n) is 1.62. The third-order valence-corrected chi connectivity index (χ3v) is 2.44. The molecular formula is C12H17N3O2. The van der Waals surface area contributed by atoms with Gasteiger partial charge in [0.2, 0.25) is 0 Å². The second-order valence-electron chi connectivity index (χ2n) is 3.86. The Kier molecular flexibility index (Phi) is 3.49. The van der Waals surface area contributed by atoms with Crippen LogP contribution in [0.4, 0.5) is 11.7 Å². The maximum absolute atomic E-state index is 5.80. The van der Waals surface area contributed by atoms with Crippen LogP contribution >= 0.6 is 0 Å². The van der Waals surface area contributed by atoms with Crippen molar-refractivity contribution in [3.8, 4) is 0 Å². The maximum Gasteiger partial charge on any atom is 0.295 e. The lowest BCUT2D eigenvalue weighted by atomic mass is 10.3. The molecule has 17 heavy (non-hydrogen) atoms. The summed E-state index contributed by atoms with van der Waals surface area (Å²) in [7, 11) is 0. The monoisotopic (exact) mass is 235 g/mol. The normalized spacial score (nSPS) is 12.8. The Morgan fingerprint density at radius 3 is 3.06 bits per heavy atom. The summed E-state index contributed by atoms with van der Waals surface area (Å²) in [5.41, 5.74) is 7.81. The molecule has 1 atom stereocenters. The van der Waals surface area contributed by atoms with Gasteiger partial charge in [-0.3, -0.25) is 0 Å². The molecule has 2 aromatic rings. The van der Waals surface area contributed by atoms with Gasteiger partial charge in [0.15, 0.2) is 5.58 Å². The molecule has 0 aliphatic carbocycles. The van der Waals surface area contributed by atoms with Crippen molar-refractivity contribution in [2.75, 3.05) is 24.2 Å². The van der Waals surface area contributed by atoms with Gasteiger partial charge in [-0.15, -0.1) is 0 Å². The second kappa shape index (κ2) is 5.05. The number of hydrogen-bond acceptors (Lipinski definition) is 5. The van der Waals surface area contributed by atoms with E-state index in [0.717, 1.165) is 0 Å². The summed E-state index contributed by atoms with van der Waals surface area (Å²) in [4.78, 5) is 4.29. The molecule has 1 unspecified atom stereocenters. The van der Waals surface area contributed by atoms with E-state index >= 15 is 0 Å². The molecule has 1 heterocycles. The Balaban J connectivity index is 2.07. The number of nitrogens with two attached hydrogens (primary N) is 1. The van der Waals surface area contributed by atoms with Crippen molar-refractivity contribution in [1.29, 1.82) is 0 Å². The molecule has 1 aromatic heterocycles. The van der Waals surface area contributed by atoms with E-state index in [4.69, 9.17) is 14.9 Å². The SMILES string of the molecule is CCOC(C)CNc1nc2c(N)cccc2o1. The Hall–Kier alpha value is -1.75. The lowest BCUT2D eigenvalue weighted by Gasteiger charge is -2.10. The summed E-state index contributed by atoms with van der Waals surface area (Å²) < 4.78 is 10.9. The van der Waals surface area contributed by atoms with E-state index in [9.17, 15) is 0 Å². The minimum Gasteiger partial charge on any atom is -0.423 e. The molecular weight excluding hydrogens is 218 g/mol. The zero-order valence-corrected chi connectivity index (χ0v) is 10.1. The number of nitrogen functional groups attached to an aromatic ring is 1. The van der Waals surface area contributed by atoms with Crippen LogP contribution in [0.3, 0.4) is 0 Å². The molecule has 0 fully saturated rings. The van der Waals surface area contributed by atoms with E-state index in [2.05, 4.69) is 10.3 Å². The number of oxazole rings is 1. The summed E-state index contributed by atoms with van der Waals surface area (Å²) in [5, 5.41) is 3.09. The first kappa shape index (κ1) is 11.7. The molecule has 5 heteroatoms. The average Bonchev–Trinajstić information content (AvgIpc) is 2.71. The Bertz CT molecular complexity index is 495. The number of fused-ring (bicyclic) bond motifs is 1. The highest BCUT2D eigenvalue weighted by Crippen LogP contribution is 2.23. The van der Waals surface area contributed by atoms with Gasteiger partial charge in [0, 0.05) is 13.2 Å². The standard InChI is InChI=1S/C12H17N3O2/c1-3-16-8(2)7-14-12-15-11-9(13)5-4-6-10(11)17-12/h4-6,8H,3,7,13H2,1-2H3,(H,14,15). The van der Waals surface area contributed by atoms with Gasteiger partial charge >= 0.3 is 0 Å². The highest BCUT2D eigenvalue weighted by atomic mass is 16.5. The van der Waals surface area contributed by atoms with Crippen molar-refractivity contribution < 1.29 is 9.15 Å². The predicted molar refractivity (Wildman–Crippen MR) is 68.0 cm³/mol. The first-order chi connectivity index (χ1) is 8.20. The largest absolute Gasteiger partial charge is 0.423 e. The van der Waals surface area contributed by atoms with E-state index in [-0.39, 0.29) is 6.10 Å². The number of hydrogen-bond donors (Lipinski definition) is 2. The number of rotatable bonds is 5. The molecule has 2 rings (SSSR count). The number of benzene rings is 1. The molecule has 0 amide bonds. The van der Waals surface area contributed by atoms with E-state index in [1.54, 1.807) is 6.07 Å². The van der Waals surface area contributed by atoms with Crippen LogP contribution in [0.25, 0.3) is 11.1 Å². The molecule has 1 aromatic carbocycles. The lowest BCUT2D eigenvalue weighted by molar-refractivity contribution is 0.0851. The average molecular weight is 235 g/mol. The van der Waals surface area contributed by atoms with Crippen molar-refractivity contribution >= 4 is 22.8 Å². The van der Waals surface area contributed by atoms with Crippen LogP contribution < -0.4 is 11.1 Å². The van der Waals surface area contributed by atoms with Crippen molar-refractivity contribution in [2.24, 2.45) is 0 Å². The second-order valence-corrected chi connectivity index (χ2v) is 3.86. The first-order valence-corrected chi connectivity index (χ1v) is 5.71. The minimum absolute atomic E-state index is 0.118. The van der Waals surface area contributed by atoms with Gasteiger partial charge < -0.3 is 20.2 Å². The highest BCUT2D eigenvalue weighted by molar-refractivity contribution is 5.86. The van der Waals surface area contributed by atoms with Crippen molar-refractivity contribution in [3.05, 3.63) is 18.2 Å². The lowest BCUT2D eigenvalue weighted by Crippen LogP contribution is -2.19. The Morgan fingerprint density at radius 1 is 1.53 bits per heavy atom. The molecule has 92 valence electrons. The maximum atomic E-state index is 5.80. The Labute approximate surface area is 100.0 Å². The van der Waals surface area contributed by atoms with Crippen LogP contribution in [0.1, 0.15) is 13.8 Å². The number of ether oxygens (including phenoxy) is 1. The smallest absolute Gasteiger partial charge is 0.295 e. The quantitative estimate of drug-likeness (QED) is 0.777. The van der Waals surface area contributed by atoms with Gasteiger partial charge in [-0.25, -0.2) is 0 Å². The van der Waals surface area contributed by atoms with Crippen LogP contribution in [0.5, 0.6) is 0 Å². The number of nitrogens with one attached hydrogen (secondary N) is 1. The first-order valence-electron chi connectivity index (χ1n) is 5.71. The van der Waals surface area contributed by atoms with E-state index < -0.39 is 0 Å². The van der Waals surface area contributed by atoms with Crippen LogP contribution in [0.2, 0.25) is 0 Å². The summed E-state index contributed by atoms with van der Waals surface area (Å²) in [6, 6.07) is 5.97. The van der Waals surface area contributed by atoms with Gasteiger partial charge in [-0.1, -0.05) is 6.07 Å². The van der Waals surface area contributed by atoms with Crippen LogP contribution in [0.15, 0.2) is 22.6 Å². The van der Waals surface area contributed by atoms with Crippen LogP contribution in [-0.2, 0) is 4.74 Å². The minimum atomic E-state index is 0.118. The molecule has 0 aliphatic rings. The molecule has 0 bridgehead atoms. The molecule has 0 saturated carbocycles. The highest BCUT2D eigenvalue weighted by Gasteiger charge is 2.08. The number of aromatic nitrogens is 1. The number of nitrogens with zero attached hydrogens (tertiary/aromatic N) is 1. The van der Waals surface area contributed by atoms with Gasteiger partial charge in [0.05, 0.1) is 11.8 Å². The number of anilines is 2. The fraction of sp³-hybridized carbons (Fsp3) is 0.417. The zero-order chi connectivity index (χ0) is 12.3. The predicted octanol–water partition coefficient (Wildman–Crippen LogP) is 2.25. The molecule has 0 spiro atoms. The van der Waals surface area contributed by atoms with E-state index in [1.165, 1.54) is 0 Å². The van der Waals surface area contributed by atoms with Crippen LogP contribution in [0, 0.1) is 0 Å². The van der Waals surface area contributed by atoms with Gasteiger partial charge in [-0.2, -0.15) is 4.98 Å². The Morgan fingerprint density at radius 2 is 2.35 bits per heavy atom. The molecule has 5 nitrogen and oxygen atoms in total. The van der Waals surface area contributed by atoms with Crippen molar-refractivity contribution in [1.82, 2.24) is 4.98 Å². The third-order valence-electron chi connectivity index (χ3n) is 2.44. The number of para-hydroxylation sites is 1. The van der Waals surface area contributed by atoms with Crippen molar-refractivity contribution in [3.63, 3.8) is 0 Å². The fourth-order valence-corrected chi connectivity index (χ4v) is 1.62. The molecule has 0 radical (unpaired) electrons. The summed E-state index contributed by atoms with van der Waals surface area (Å²) in [5.74, 6) is 0. The topological polar surface area (TPSA) is 73.3 Å². The zero-order valence-electron chi connectivity index (χ0n) is 10.1. The van der Waals surface area contributed by atoms with E-state index in [0.29, 0.717) is 36.0 Å². The van der Waals surface area contributed by atoms with Gasteiger partial charge in [-0.05, 0) is 26.0 Å². The van der Waals surface area contributed by atoms with Gasteiger partial charge in [0.1, 0.15) is 5.52 Å². The molecule has 3 N–H and O–H groups in total. The molecule has 0 saturated heterocycles. The molecule has 0 aliphatic heterocycles. The van der Waals surface area contributed by atoms with Crippen LogP contribution in [-0.4, -0.2) is 24.2 Å².